The minimum atomic E-state index is 0.622. The smallest absolute Gasteiger partial charge is 0.191 e. The highest BCUT2D eigenvalue weighted by Gasteiger charge is 2.13. The van der Waals surface area contributed by atoms with Gasteiger partial charge in [-0.1, -0.05) is 66.4 Å². The average Bonchev–Trinajstić information content (AvgIpc) is 3.04. The number of benzene rings is 2. The summed E-state index contributed by atoms with van der Waals surface area (Å²) < 4.78 is 7.94. The number of allylic oxidation sites excluding steroid dienone is 1. The molecule has 0 aliphatic heterocycles. The van der Waals surface area contributed by atoms with Crippen LogP contribution in [0.2, 0.25) is 0 Å². The Morgan fingerprint density at radius 1 is 1.08 bits per heavy atom. The minimum Gasteiger partial charge on any atom is -0.492 e. The molecular formula is C20H21N3OS. The normalized spacial score (nSPS) is 10.6. The van der Waals surface area contributed by atoms with Crippen molar-refractivity contribution in [3.05, 3.63) is 72.8 Å². The fourth-order valence-corrected chi connectivity index (χ4v) is 3.26. The molecule has 0 atom stereocenters. The number of hydrogen-bond acceptors (Lipinski definition) is 4. The monoisotopic (exact) mass is 351 g/mol. The van der Waals surface area contributed by atoms with Gasteiger partial charge < -0.3 is 4.74 Å². The lowest BCUT2D eigenvalue weighted by Gasteiger charge is -2.09. The molecule has 0 N–H and O–H groups in total. The second-order valence-corrected chi connectivity index (χ2v) is 6.60. The highest BCUT2D eigenvalue weighted by atomic mass is 32.2. The fraction of sp³-hybridized carbons (Fsp3) is 0.200. The molecule has 128 valence electrons. The molecule has 0 unspecified atom stereocenters. The first kappa shape index (κ1) is 17.3. The van der Waals surface area contributed by atoms with E-state index in [-0.39, 0.29) is 0 Å². The van der Waals surface area contributed by atoms with Crippen LogP contribution < -0.4 is 4.74 Å². The van der Waals surface area contributed by atoms with E-state index >= 15 is 0 Å². The molecular weight excluding hydrogens is 330 g/mol. The maximum atomic E-state index is 5.85. The molecule has 4 nitrogen and oxygen atoms in total. The largest absolute Gasteiger partial charge is 0.492 e. The number of rotatable bonds is 8. The Morgan fingerprint density at radius 2 is 1.84 bits per heavy atom. The first-order chi connectivity index (χ1) is 12.3. The lowest BCUT2D eigenvalue weighted by Crippen LogP contribution is -2.04. The van der Waals surface area contributed by atoms with Crippen molar-refractivity contribution in [2.24, 2.45) is 0 Å². The number of aryl methyl sites for hydroxylation is 1. The third-order valence-corrected chi connectivity index (χ3v) is 4.66. The average molecular weight is 351 g/mol. The van der Waals surface area contributed by atoms with E-state index in [1.54, 1.807) is 11.8 Å². The lowest BCUT2D eigenvalue weighted by atomic mass is 10.2. The highest BCUT2D eigenvalue weighted by Crippen LogP contribution is 2.24. The van der Waals surface area contributed by atoms with Crippen molar-refractivity contribution >= 4 is 11.8 Å². The zero-order valence-electron chi connectivity index (χ0n) is 14.3. The van der Waals surface area contributed by atoms with Crippen molar-refractivity contribution in [3.63, 3.8) is 0 Å². The third kappa shape index (κ3) is 4.31. The van der Waals surface area contributed by atoms with Crippen LogP contribution in [0.4, 0.5) is 0 Å². The molecule has 0 amide bonds. The number of para-hydroxylation sites is 1. The summed E-state index contributed by atoms with van der Waals surface area (Å²) in [5.74, 6) is 2.60. The molecule has 1 heterocycles. The van der Waals surface area contributed by atoms with Gasteiger partial charge in [0.2, 0.25) is 0 Å². The van der Waals surface area contributed by atoms with Gasteiger partial charge in [-0.25, -0.2) is 0 Å². The molecule has 0 bridgehead atoms. The summed E-state index contributed by atoms with van der Waals surface area (Å²) in [6.45, 7) is 7.20. The number of hydrogen-bond donors (Lipinski definition) is 0. The van der Waals surface area contributed by atoms with Crippen molar-refractivity contribution in [1.29, 1.82) is 0 Å². The molecule has 0 fully saturated rings. The minimum absolute atomic E-state index is 0.622. The van der Waals surface area contributed by atoms with Gasteiger partial charge in [0.15, 0.2) is 11.0 Å². The van der Waals surface area contributed by atoms with Crippen molar-refractivity contribution in [3.8, 4) is 17.1 Å². The fourth-order valence-electron chi connectivity index (χ4n) is 2.49. The number of nitrogens with zero attached hydrogens (tertiary/aromatic N) is 3. The second kappa shape index (κ2) is 8.53. The van der Waals surface area contributed by atoms with Crippen LogP contribution >= 0.6 is 11.8 Å². The molecule has 0 aliphatic carbocycles. The SMILES string of the molecule is C=CCn1c(SCCOc2ccccc2C)nnc1-c1ccccc1. The van der Waals surface area contributed by atoms with Crippen molar-refractivity contribution in [1.82, 2.24) is 14.8 Å². The first-order valence-electron chi connectivity index (χ1n) is 8.20. The topological polar surface area (TPSA) is 39.9 Å². The number of ether oxygens (including phenoxy) is 1. The summed E-state index contributed by atoms with van der Waals surface area (Å²) in [6.07, 6.45) is 1.86. The summed E-state index contributed by atoms with van der Waals surface area (Å²) in [5, 5.41) is 9.59. The zero-order valence-corrected chi connectivity index (χ0v) is 15.1. The van der Waals surface area contributed by atoms with Crippen molar-refractivity contribution in [2.45, 2.75) is 18.6 Å². The molecule has 3 aromatic rings. The van der Waals surface area contributed by atoms with E-state index in [0.717, 1.165) is 33.6 Å². The van der Waals surface area contributed by atoms with Crippen LogP contribution in [0.25, 0.3) is 11.4 Å². The standard InChI is InChI=1S/C20H21N3OS/c1-3-13-23-19(17-10-5-4-6-11-17)21-22-20(23)25-15-14-24-18-12-8-7-9-16(18)2/h3-12H,1,13-15H2,2H3. The summed E-state index contributed by atoms with van der Waals surface area (Å²) in [5.41, 5.74) is 2.20. The van der Waals surface area contributed by atoms with Gasteiger partial charge in [0.1, 0.15) is 5.75 Å². The number of aromatic nitrogens is 3. The summed E-state index contributed by atoms with van der Waals surface area (Å²) >= 11 is 1.64. The predicted octanol–water partition coefficient (Wildman–Crippen LogP) is 4.61. The van der Waals surface area contributed by atoms with Gasteiger partial charge in [-0.3, -0.25) is 4.57 Å². The van der Waals surface area contributed by atoms with Crippen LogP contribution in [0.3, 0.4) is 0 Å². The van der Waals surface area contributed by atoms with E-state index in [1.807, 2.05) is 54.6 Å². The molecule has 25 heavy (non-hydrogen) atoms. The summed E-state index contributed by atoms with van der Waals surface area (Å²) in [7, 11) is 0. The molecule has 5 heteroatoms. The Hall–Kier alpha value is -2.53. The van der Waals surface area contributed by atoms with Gasteiger partial charge in [0.05, 0.1) is 6.61 Å². The van der Waals surface area contributed by atoms with Crippen LogP contribution in [-0.4, -0.2) is 27.1 Å². The first-order valence-corrected chi connectivity index (χ1v) is 9.19. The maximum absolute atomic E-state index is 5.85. The molecule has 1 aromatic heterocycles. The summed E-state index contributed by atoms with van der Waals surface area (Å²) in [6, 6.07) is 18.1. The summed E-state index contributed by atoms with van der Waals surface area (Å²) in [4.78, 5) is 0. The molecule has 0 spiro atoms. The Labute approximate surface area is 152 Å². The second-order valence-electron chi connectivity index (χ2n) is 5.53. The molecule has 0 radical (unpaired) electrons. The molecule has 0 saturated heterocycles. The predicted molar refractivity (Wildman–Crippen MR) is 103 cm³/mol. The lowest BCUT2D eigenvalue weighted by molar-refractivity contribution is 0.341. The van der Waals surface area contributed by atoms with Gasteiger partial charge in [0.25, 0.3) is 0 Å². The van der Waals surface area contributed by atoms with E-state index in [9.17, 15) is 0 Å². The molecule has 2 aromatic carbocycles. The van der Waals surface area contributed by atoms with Crippen LogP contribution in [0.5, 0.6) is 5.75 Å². The van der Waals surface area contributed by atoms with Crippen LogP contribution in [0.15, 0.2) is 72.4 Å². The van der Waals surface area contributed by atoms with Gasteiger partial charge in [-0.15, -0.1) is 16.8 Å². The van der Waals surface area contributed by atoms with Gasteiger partial charge in [-0.2, -0.15) is 0 Å². The molecule has 0 saturated carbocycles. The highest BCUT2D eigenvalue weighted by molar-refractivity contribution is 7.99. The Kier molecular flexibility index (Phi) is 5.90. The van der Waals surface area contributed by atoms with Crippen LogP contribution in [-0.2, 0) is 6.54 Å². The van der Waals surface area contributed by atoms with E-state index in [4.69, 9.17) is 4.74 Å². The van der Waals surface area contributed by atoms with Crippen LogP contribution in [0, 0.1) is 6.92 Å². The molecule has 0 aliphatic rings. The van der Waals surface area contributed by atoms with Gasteiger partial charge >= 0.3 is 0 Å². The van der Waals surface area contributed by atoms with Gasteiger partial charge in [-0.05, 0) is 18.6 Å². The Balaban J connectivity index is 1.65. The number of thioether (sulfide) groups is 1. The van der Waals surface area contributed by atoms with Crippen molar-refractivity contribution < 1.29 is 4.74 Å². The van der Waals surface area contributed by atoms with E-state index in [1.165, 1.54) is 0 Å². The quantitative estimate of drug-likeness (QED) is 0.337. The van der Waals surface area contributed by atoms with E-state index < -0.39 is 0 Å². The zero-order chi connectivity index (χ0) is 17.5. The Bertz CT molecular complexity index is 830. The van der Waals surface area contributed by atoms with Gasteiger partial charge in [0, 0.05) is 17.9 Å². The van der Waals surface area contributed by atoms with Crippen LogP contribution in [0.1, 0.15) is 5.56 Å². The van der Waals surface area contributed by atoms with E-state index in [2.05, 4.69) is 34.3 Å². The maximum Gasteiger partial charge on any atom is 0.191 e. The molecule has 3 rings (SSSR count). The van der Waals surface area contributed by atoms with E-state index in [0.29, 0.717) is 13.2 Å². The Morgan fingerprint density at radius 3 is 2.60 bits per heavy atom. The third-order valence-electron chi connectivity index (χ3n) is 3.73. The van der Waals surface area contributed by atoms with Crippen molar-refractivity contribution in [2.75, 3.05) is 12.4 Å².